The summed E-state index contributed by atoms with van der Waals surface area (Å²) in [5, 5.41) is -4.52. The van der Waals surface area contributed by atoms with Crippen LogP contribution in [0.15, 0.2) is 109 Å². The lowest BCUT2D eigenvalue weighted by Crippen LogP contribution is -2.49. The molecule has 0 aliphatic carbocycles. The fraction of sp³-hybridized carbons (Fsp3) is 0.138. The highest BCUT2D eigenvalue weighted by Gasteiger charge is 2.61. The topological polar surface area (TPSA) is 60.4 Å². The predicted molar refractivity (Wildman–Crippen MR) is 134 cm³/mol. The van der Waals surface area contributed by atoms with Crippen LogP contribution in [0.2, 0.25) is 0 Å². The van der Waals surface area contributed by atoms with Crippen molar-refractivity contribution in [3.05, 3.63) is 143 Å². The molecule has 0 N–H and O–H groups in total. The molecule has 8 heteroatoms. The SMILES string of the molecule is Cc1ccc(C(c2ccccc2)(c2ccccc2)S(=O)(=O)C(F)(F)COC(=O)c2cccc(F)c2)cc1. The molecule has 4 nitrogen and oxygen atoms in total. The van der Waals surface area contributed by atoms with Crippen LogP contribution in [0.4, 0.5) is 13.2 Å². The van der Waals surface area contributed by atoms with Crippen LogP contribution in [0.3, 0.4) is 0 Å². The summed E-state index contributed by atoms with van der Waals surface area (Å²) in [5.41, 5.74) is 0.796. The number of esters is 1. The van der Waals surface area contributed by atoms with E-state index in [0.29, 0.717) is 0 Å². The molecule has 37 heavy (non-hydrogen) atoms. The fourth-order valence-corrected chi connectivity index (χ4v) is 6.25. The van der Waals surface area contributed by atoms with Crippen molar-refractivity contribution in [1.82, 2.24) is 0 Å². The maximum Gasteiger partial charge on any atom is 0.380 e. The Hall–Kier alpha value is -3.91. The molecule has 190 valence electrons. The van der Waals surface area contributed by atoms with Crippen LogP contribution in [0, 0.1) is 12.7 Å². The molecule has 0 fully saturated rings. The molecule has 0 radical (unpaired) electrons. The van der Waals surface area contributed by atoms with Crippen molar-refractivity contribution in [3.63, 3.8) is 0 Å². The number of alkyl halides is 2. The van der Waals surface area contributed by atoms with Gasteiger partial charge in [0.05, 0.1) is 5.56 Å². The van der Waals surface area contributed by atoms with Gasteiger partial charge in [-0.1, -0.05) is 96.6 Å². The van der Waals surface area contributed by atoms with Crippen LogP contribution in [0.5, 0.6) is 0 Å². The number of halogens is 3. The van der Waals surface area contributed by atoms with E-state index < -0.39 is 38.2 Å². The number of ether oxygens (including phenoxy) is 1. The number of carbonyl (C=O) groups excluding carboxylic acids is 1. The molecule has 0 saturated carbocycles. The molecular weight excluding hydrogens is 501 g/mol. The lowest BCUT2D eigenvalue weighted by atomic mass is 9.84. The molecule has 0 aliphatic rings. The van der Waals surface area contributed by atoms with Gasteiger partial charge in [-0.05, 0) is 41.8 Å². The zero-order valence-electron chi connectivity index (χ0n) is 19.8. The maximum atomic E-state index is 15.8. The summed E-state index contributed by atoms with van der Waals surface area (Å²) in [6, 6.07) is 26.1. The number of hydrogen-bond acceptors (Lipinski definition) is 4. The Morgan fingerprint density at radius 2 is 1.27 bits per heavy atom. The Morgan fingerprint density at radius 3 is 1.78 bits per heavy atom. The van der Waals surface area contributed by atoms with Crippen LogP contribution in [-0.2, 0) is 19.3 Å². The first-order valence-corrected chi connectivity index (χ1v) is 12.8. The van der Waals surface area contributed by atoms with Crippen molar-refractivity contribution in [3.8, 4) is 0 Å². The average Bonchev–Trinajstić information content (AvgIpc) is 2.90. The Morgan fingerprint density at radius 1 is 0.757 bits per heavy atom. The molecule has 0 aromatic heterocycles. The van der Waals surface area contributed by atoms with Gasteiger partial charge in [0.15, 0.2) is 11.4 Å². The Balaban J connectivity index is 1.89. The van der Waals surface area contributed by atoms with Gasteiger partial charge >= 0.3 is 11.2 Å². The average molecular weight is 525 g/mol. The quantitative estimate of drug-likeness (QED) is 0.201. The lowest BCUT2D eigenvalue weighted by Gasteiger charge is -2.37. The molecular formula is C29H23F3O4S. The summed E-state index contributed by atoms with van der Waals surface area (Å²) in [5.74, 6) is -2.03. The van der Waals surface area contributed by atoms with E-state index in [-0.39, 0.29) is 22.3 Å². The normalized spacial score (nSPS) is 12.2. The summed E-state index contributed by atoms with van der Waals surface area (Å²) >= 11 is 0. The third kappa shape index (κ3) is 4.76. The standard InChI is InChI=1S/C29H23F3O4S/c1-21-15-17-25(18-16-21)29(23-10-4-2-5-11-23,24-12-6-3-7-13-24)37(34,35)28(31,32)20-36-27(33)22-9-8-14-26(30)19-22/h2-19H,20H2,1H3. The van der Waals surface area contributed by atoms with E-state index in [0.717, 1.165) is 17.7 Å². The number of carbonyl (C=O) groups is 1. The second kappa shape index (κ2) is 10.2. The van der Waals surface area contributed by atoms with E-state index in [2.05, 4.69) is 0 Å². The summed E-state index contributed by atoms with van der Waals surface area (Å²) in [6.07, 6.45) is 0. The first-order valence-electron chi connectivity index (χ1n) is 11.3. The lowest BCUT2D eigenvalue weighted by molar-refractivity contribution is -0.00623. The van der Waals surface area contributed by atoms with Gasteiger partial charge in [0.2, 0.25) is 9.84 Å². The van der Waals surface area contributed by atoms with E-state index in [1.165, 1.54) is 48.5 Å². The summed E-state index contributed by atoms with van der Waals surface area (Å²) < 4.78 is 75.9. The minimum Gasteiger partial charge on any atom is -0.454 e. The Labute approximate surface area is 213 Å². The van der Waals surface area contributed by atoms with Crippen LogP contribution in [0.25, 0.3) is 0 Å². The summed E-state index contributed by atoms with van der Waals surface area (Å²) in [6.45, 7) is 0.0451. The van der Waals surface area contributed by atoms with E-state index in [4.69, 9.17) is 4.74 Å². The van der Waals surface area contributed by atoms with Crippen LogP contribution in [-0.4, -0.2) is 26.2 Å². The molecule has 0 spiro atoms. The second-order valence-electron chi connectivity index (χ2n) is 8.51. The van der Waals surface area contributed by atoms with Crippen molar-refractivity contribution >= 4 is 15.8 Å². The van der Waals surface area contributed by atoms with Gasteiger partial charge in [-0.3, -0.25) is 0 Å². The van der Waals surface area contributed by atoms with Crippen LogP contribution in [0.1, 0.15) is 32.6 Å². The Bertz CT molecular complexity index is 1450. The van der Waals surface area contributed by atoms with Crippen LogP contribution < -0.4 is 0 Å². The van der Waals surface area contributed by atoms with Gasteiger partial charge < -0.3 is 4.74 Å². The van der Waals surface area contributed by atoms with Gasteiger partial charge in [-0.25, -0.2) is 17.6 Å². The van der Waals surface area contributed by atoms with Crippen molar-refractivity contribution in [1.29, 1.82) is 0 Å². The highest BCUT2D eigenvalue weighted by atomic mass is 32.2. The van der Waals surface area contributed by atoms with E-state index in [1.807, 2.05) is 0 Å². The molecule has 4 rings (SSSR count). The fourth-order valence-electron chi connectivity index (χ4n) is 4.25. The van der Waals surface area contributed by atoms with Crippen molar-refractivity contribution < 1.29 is 31.1 Å². The highest BCUT2D eigenvalue weighted by Crippen LogP contribution is 2.49. The Kier molecular flexibility index (Phi) is 7.23. The molecule has 0 saturated heterocycles. The summed E-state index contributed by atoms with van der Waals surface area (Å²) in [7, 11) is -5.50. The zero-order chi connectivity index (χ0) is 26.7. The van der Waals surface area contributed by atoms with Gasteiger partial charge in [-0.2, -0.15) is 8.78 Å². The van der Waals surface area contributed by atoms with E-state index >= 15 is 8.78 Å². The third-order valence-corrected chi connectivity index (χ3v) is 8.46. The zero-order valence-corrected chi connectivity index (χ0v) is 20.6. The number of rotatable bonds is 8. The summed E-state index contributed by atoms with van der Waals surface area (Å²) in [4.78, 5) is 12.4. The predicted octanol–water partition coefficient (Wildman–Crippen LogP) is 6.29. The third-order valence-electron chi connectivity index (χ3n) is 6.05. The molecule has 4 aromatic carbocycles. The molecule has 0 amide bonds. The van der Waals surface area contributed by atoms with Gasteiger partial charge in [0.1, 0.15) is 5.82 Å². The number of sulfone groups is 1. The van der Waals surface area contributed by atoms with Crippen LogP contribution >= 0.6 is 0 Å². The van der Waals surface area contributed by atoms with Gasteiger partial charge in [0, 0.05) is 0 Å². The number of aryl methyl sites for hydroxylation is 1. The smallest absolute Gasteiger partial charge is 0.380 e. The molecule has 0 atom stereocenters. The molecule has 0 bridgehead atoms. The van der Waals surface area contributed by atoms with Crippen molar-refractivity contribution in [2.45, 2.75) is 16.9 Å². The molecule has 4 aromatic rings. The molecule has 0 aliphatic heterocycles. The largest absolute Gasteiger partial charge is 0.454 e. The monoisotopic (exact) mass is 524 g/mol. The van der Waals surface area contributed by atoms with Gasteiger partial charge in [-0.15, -0.1) is 0 Å². The van der Waals surface area contributed by atoms with Gasteiger partial charge in [0.25, 0.3) is 0 Å². The second-order valence-corrected chi connectivity index (χ2v) is 10.7. The molecule has 0 unspecified atom stereocenters. The minimum absolute atomic E-state index is 0.0983. The molecule has 0 heterocycles. The van der Waals surface area contributed by atoms with E-state index in [1.54, 1.807) is 55.5 Å². The first kappa shape index (κ1) is 26.2. The van der Waals surface area contributed by atoms with E-state index in [9.17, 15) is 17.6 Å². The minimum atomic E-state index is -5.50. The first-order chi connectivity index (χ1) is 17.6. The highest BCUT2D eigenvalue weighted by molar-refractivity contribution is 7.93. The van der Waals surface area contributed by atoms with Crippen molar-refractivity contribution in [2.24, 2.45) is 0 Å². The maximum absolute atomic E-state index is 15.8. The number of benzene rings is 4. The van der Waals surface area contributed by atoms with Crippen molar-refractivity contribution in [2.75, 3.05) is 6.61 Å². The number of hydrogen-bond donors (Lipinski definition) is 0.